The number of hydrogen-bond acceptors (Lipinski definition) is 4. The lowest BCUT2D eigenvalue weighted by Gasteiger charge is -1.99. The molecule has 0 saturated carbocycles. The molecular weight excluding hydrogens is 226 g/mol. The molecule has 1 aromatic heterocycles. The van der Waals surface area contributed by atoms with Gasteiger partial charge < -0.3 is 9.84 Å². The molecule has 4 heteroatoms. The predicted octanol–water partition coefficient (Wildman–Crippen LogP) is 2.38. The molecule has 2 heterocycles. The third-order valence-electron chi connectivity index (χ3n) is 3.47. The normalized spacial score (nSPS) is 19.3. The lowest BCUT2D eigenvalue weighted by atomic mass is 10.1. The molecule has 0 bridgehead atoms. The van der Waals surface area contributed by atoms with Gasteiger partial charge in [-0.15, -0.1) is 0 Å². The molecule has 1 N–H and O–H groups in total. The van der Waals surface area contributed by atoms with Crippen LogP contribution >= 0.6 is 0 Å². The second-order valence-corrected chi connectivity index (χ2v) is 4.70. The SMILES string of the molecule is CCc1ccc(-c2noc([C@@H]3CCNC3)n2)cc1. The van der Waals surface area contributed by atoms with Crippen molar-refractivity contribution in [2.24, 2.45) is 0 Å². The van der Waals surface area contributed by atoms with E-state index in [9.17, 15) is 0 Å². The van der Waals surface area contributed by atoms with Gasteiger partial charge in [0.05, 0.1) is 5.92 Å². The van der Waals surface area contributed by atoms with Crippen LogP contribution in [0.5, 0.6) is 0 Å². The van der Waals surface area contributed by atoms with Crippen molar-refractivity contribution in [1.82, 2.24) is 15.5 Å². The summed E-state index contributed by atoms with van der Waals surface area (Å²) in [5, 5.41) is 7.38. The fraction of sp³-hybridized carbons (Fsp3) is 0.429. The minimum Gasteiger partial charge on any atom is -0.339 e. The molecule has 0 aliphatic carbocycles. The fourth-order valence-corrected chi connectivity index (χ4v) is 2.27. The molecule has 1 atom stereocenters. The molecule has 0 unspecified atom stereocenters. The Balaban J connectivity index is 1.82. The highest BCUT2D eigenvalue weighted by molar-refractivity contribution is 5.54. The van der Waals surface area contributed by atoms with Crippen molar-refractivity contribution in [3.63, 3.8) is 0 Å². The summed E-state index contributed by atoms with van der Waals surface area (Å²) in [6.45, 7) is 4.12. The summed E-state index contributed by atoms with van der Waals surface area (Å²) >= 11 is 0. The Morgan fingerprint density at radius 2 is 2.17 bits per heavy atom. The Labute approximate surface area is 106 Å². The first-order chi connectivity index (χ1) is 8.86. The number of benzene rings is 1. The zero-order chi connectivity index (χ0) is 12.4. The van der Waals surface area contributed by atoms with Crippen molar-refractivity contribution in [1.29, 1.82) is 0 Å². The van der Waals surface area contributed by atoms with Gasteiger partial charge in [0.1, 0.15) is 0 Å². The van der Waals surface area contributed by atoms with Crippen LogP contribution in [0.3, 0.4) is 0 Å². The molecule has 1 aliphatic rings. The molecule has 1 saturated heterocycles. The summed E-state index contributed by atoms with van der Waals surface area (Å²) in [7, 11) is 0. The predicted molar refractivity (Wildman–Crippen MR) is 69.3 cm³/mol. The molecule has 94 valence electrons. The smallest absolute Gasteiger partial charge is 0.231 e. The minimum absolute atomic E-state index is 0.376. The summed E-state index contributed by atoms with van der Waals surface area (Å²) in [5.41, 5.74) is 2.34. The average Bonchev–Trinajstić information content (AvgIpc) is 3.09. The van der Waals surface area contributed by atoms with Crippen LogP contribution in [0.15, 0.2) is 28.8 Å². The highest BCUT2D eigenvalue weighted by atomic mass is 16.5. The zero-order valence-corrected chi connectivity index (χ0v) is 10.5. The van der Waals surface area contributed by atoms with Crippen molar-refractivity contribution < 1.29 is 4.52 Å². The highest BCUT2D eigenvalue weighted by Crippen LogP contribution is 2.23. The molecule has 1 fully saturated rings. The van der Waals surface area contributed by atoms with Crippen LogP contribution in [-0.4, -0.2) is 23.2 Å². The van der Waals surface area contributed by atoms with Crippen LogP contribution in [0.4, 0.5) is 0 Å². The Hall–Kier alpha value is -1.68. The third-order valence-corrected chi connectivity index (χ3v) is 3.47. The molecule has 0 amide bonds. The summed E-state index contributed by atoms with van der Waals surface area (Å²) in [6.07, 6.45) is 2.13. The van der Waals surface area contributed by atoms with Crippen LogP contribution in [0.2, 0.25) is 0 Å². The third kappa shape index (κ3) is 2.16. The van der Waals surface area contributed by atoms with Gasteiger partial charge in [-0.2, -0.15) is 4.98 Å². The number of aromatic nitrogens is 2. The van der Waals surface area contributed by atoms with Crippen molar-refractivity contribution in [3.05, 3.63) is 35.7 Å². The van der Waals surface area contributed by atoms with Crippen LogP contribution in [0, 0.1) is 0 Å². The van der Waals surface area contributed by atoms with E-state index in [-0.39, 0.29) is 0 Å². The number of nitrogens with zero attached hydrogens (tertiary/aromatic N) is 2. The van der Waals surface area contributed by atoms with Gasteiger partial charge in [-0.05, 0) is 24.9 Å². The van der Waals surface area contributed by atoms with E-state index in [4.69, 9.17) is 4.52 Å². The van der Waals surface area contributed by atoms with E-state index >= 15 is 0 Å². The first-order valence-electron chi connectivity index (χ1n) is 6.50. The van der Waals surface area contributed by atoms with Gasteiger partial charge in [-0.3, -0.25) is 0 Å². The molecule has 4 nitrogen and oxygen atoms in total. The summed E-state index contributed by atoms with van der Waals surface area (Å²) < 4.78 is 5.36. The van der Waals surface area contributed by atoms with E-state index in [0.29, 0.717) is 11.7 Å². The van der Waals surface area contributed by atoms with Gasteiger partial charge in [0.25, 0.3) is 0 Å². The Kier molecular flexibility index (Phi) is 3.11. The van der Waals surface area contributed by atoms with Gasteiger partial charge in [0.15, 0.2) is 0 Å². The number of aryl methyl sites for hydroxylation is 1. The van der Waals surface area contributed by atoms with Crippen molar-refractivity contribution in [2.75, 3.05) is 13.1 Å². The van der Waals surface area contributed by atoms with E-state index in [1.165, 1.54) is 5.56 Å². The lowest BCUT2D eigenvalue weighted by Crippen LogP contribution is -2.08. The van der Waals surface area contributed by atoms with E-state index < -0.39 is 0 Å². The second-order valence-electron chi connectivity index (χ2n) is 4.70. The second kappa shape index (κ2) is 4.90. The molecule has 0 spiro atoms. The average molecular weight is 243 g/mol. The van der Waals surface area contributed by atoms with E-state index in [1.54, 1.807) is 0 Å². The number of nitrogens with one attached hydrogen (secondary N) is 1. The quantitative estimate of drug-likeness (QED) is 0.899. The van der Waals surface area contributed by atoms with Gasteiger partial charge in [0, 0.05) is 12.1 Å². The zero-order valence-electron chi connectivity index (χ0n) is 10.5. The minimum atomic E-state index is 0.376. The maximum absolute atomic E-state index is 5.36. The van der Waals surface area contributed by atoms with Crippen LogP contribution < -0.4 is 5.32 Å². The number of rotatable bonds is 3. The molecule has 3 rings (SSSR count). The standard InChI is InChI=1S/C14H17N3O/c1-2-10-3-5-11(6-4-10)13-16-14(18-17-13)12-7-8-15-9-12/h3-6,12,15H,2,7-9H2,1H3/t12-/m1/s1. The lowest BCUT2D eigenvalue weighted by molar-refractivity contribution is 0.359. The Bertz CT molecular complexity index is 512. The fourth-order valence-electron chi connectivity index (χ4n) is 2.27. The maximum Gasteiger partial charge on any atom is 0.231 e. The maximum atomic E-state index is 5.36. The van der Waals surface area contributed by atoms with Crippen molar-refractivity contribution in [2.45, 2.75) is 25.7 Å². The summed E-state index contributed by atoms with van der Waals surface area (Å²) in [6, 6.07) is 8.34. The number of hydrogen-bond donors (Lipinski definition) is 1. The van der Waals surface area contributed by atoms with Gasteiger partial charge in [-0.1, -0.05) is 36.3 Å². The molecule has 18 heavy (non-hydrogen) atoms. The topological polar surface area (TPSA) is 51.0 Å². The van der Waals surface area contributed by atoms with Crippen molar-refractivity contribution >= 4 is 0 Å². The highest BCUT2D eigenvalue weighted by Gasteiger charge is 2.22. The van der Waals surface area contributed by atoms with E-state index in [0.717, 1.165) is 37.4 Å². The van der Waals surface area contributed by atoms with Gasteiger partial charge in [-0.25, -0.2) is 0 Å². The van der Waals surface area contributed by atoms with Crippen LogP contribution in [-0.2, 0) is 6.42 Å². The van der Waals surface area contributed by atoms with E-state index in [2.05, 4.69) is 46.6 Å². The van der Waals surface area contributed by atoms with Crippen LogP contribution in [0.25, 0.3) is 11.4 Å². The first kappa shape index (κ1) is 11.4. The molecular formula is C14H17N3O. The molecule has 1 aromatic carbocycles. The van der Waals surface area contributed by atoms with E-state index in [1.807, 2.05) is 0 Å². The largest absolute Gasteiger partial charge is 0.339 e. The van der Waals surface area contributed by atoms with Crippen LogP contribution in [0.1, 0.15) is 30.7 Å². The molecule has 2 aromatic rings. The van der Waals surface area contributed by atoms with Crippen molar-refractivity contribution in [3.8, 4) is 11.4 Å². The Morgan fingerprint density at radius 3 is 2.83 bits per heavy atom. The monoisotopic (exact) mass is 243 g/mol. The summed E-state index contributed by atoms with van der Waals surface area (Å²) in [4.78, 5) is 4.50. The Morgan fingerprint density at radius 1 is 1.33 bits per heavy atom. The summed E-state index contributed by atoms with van der Waals surface area (Å²) in [5.74, 6) is 1.83. The molecule has 1 aliphatic heterocycles. The van der Waals surface area contributed by atoms with Gasteiger partial charge >= 0.3 is 0 Å². The first-order valence-corrected chi connectivity index (χ1v) is 6.50. The molecule has 0 radical (unpaired) electrons. The van der Waals surface area contributed by atoms with Gasteiger partial charge in [0.2, 0.25) is 11.7 Å².